The molecule has 0 amide bonds. The molecule has 2 fully saturated rings. The minimum atomic E-state index is -0.703. The molecule has 0 aromatic heterocycles. The molecule has 2 aliphatic rings. The zero-order chi connectivity index (χ0) is 14.4. The molecule has 1 heterocycles. The summed E-state index contributed by atoms with van der Waals surface area (Å²) in [7, 11) is 1.47. The number of ether oxygens (including phenoxy) is 2. The van der Waals surface area contributed by atoms with Crippen LogP contribution in [0.3, 0.4) is 0 Å². The van der Waals surface area contributed by atoms with E-state index in [-0.39, 0.29) is 17.5 Å². The molecule has 19 heavy (non-hydrogen) atoms. The first-order valence-corrected chi connectivity index (χ1v) is 7.60. The maximum Gasteiger partial charge on any atom is 0.341 e. The summed E-state index contributed by atoms with van der Waals surface area (Å²) < 4.78 is 11.3. The second kappa shape index (κ2) is 4.76. The molecule has 1 saturated carbocycles. The Kier molecular flexibility index (Phi) is 3.72. The molecular formula is C16H28O3. The van der Waals surface area contributed by atoms with Crippen LogP contribution in [0.25, 0.3) is 0 Å². The van der Waals surface area contributed by atoms with E-state index in [1.165, 1.54) is 13.5 Å². The Bertz CT molecular complexity index is 363. The molecule has 0 aromatic carbocycles. The quantitative estimate of drug-likeness (QED) is 0.581. The lowest BCUT2D eigenvalue weighted by Crippen LogP contribution is -2.47. The van der Waals surface area contributed by atoms with Gasteiger partial charge < -0.3 is 9.47 Å². The Hall–Kier alpha value is -0.570. The molecule has 1 saturated heterocycles. The molecule has 0 radical (unpaired) electrons. The lowest BCUT2D eigenvalue weighted by molar-refractivity contribution is -0.149. The summed E-state index contributed by atoms with van der Waals surface area (Å²) in [6, 6.07) is 0. The van der Waals surface area contributed by atoms with Crippen molar-refractivity contribution in [1.82, 2.24) is 0 Å². The van der Waals surface area contributed by atoms with Crippen LogP contribution in [-0.4, -0.2) is 24.3 Å². The van der Waals surface area contributed by atoms with Crippen molar-refractivity contribution in [2.24, 2.45) is 23.7 Å². The fraction of sp³-hybridized carbons (Fsp3) is 0.938. The molecule has 1 aliphatic carbocycles. The highest BCUT2D eigenvalue weighted by Crippen LogP contribution is 2.65. The van der Waals surface area contributed by atoms with Crippen molar-refractivity contribution in [3.05, 3.63) is 0 Å². The highest BCUT2D eigenvalue weighted by atomic mass is 16.7. The Labute approximate surface area is 117 Å². The molecule has 4 atom stereocenters. The average molecular weight is 268 g/mol. The van der Waals surface area contributed by atoms with Gasteiger partial charge in [-0.15, -0.1) is 0 Å². The second-order valence-electron chi connectivity index (χ2n) is 7.11. The van der Waals surface area contributed by atoms with Gasteiger partial charge in [0, 0.05) is 0 Å². The van der Waals surface area contributed by atoms with Gasteiger partial charge in [-0.3, -0.25) is 0 Å². The second-order valence-corrected chi connectivity index (χ2v) is 7.11. The lowest BCUT2D eigenvalue weighted by atomic mass is 9.63. The molecule has 1 aliphatic heterocycles. The third kappa shape index (κ3) is 1.93. The van der Waals surface area contributed by atoms with Crippen molar-refractivity contribution in [3.8, 4) is 0 Å². The Morgan fingerprint density at radius 2 is 1.89 bits per heavy atom. The summed E-state index contributed by atoms with van der Waals surface area (Å²) >= 11 is 0. The van der Waals surface area contributed by atoms with E-state index in [2.05, 4.69) is 34.6 Å². The number of hydrogen-bond donors (Lipinski definition) is 0. The van der Waals surface area contributed by atoms with Crippen molar-refractivity contribution < 1.29 is 14.3 Å². The van der Waals surface area contributed by atoms with Gasteiger partial charge in [0.15, 0.2) is 5.60 Å². The number of rotatable bonds is 3. The summed E-state index contributed by atoms with van der Waals surface area (Å²) in [5.74, 6) is 1.61. The van der Waals surface area contributed by atoms with Gasteiger partial charge in [-0.25, -0.2) is 4.79 Å². The largest absolute Gasteiger partial charge is 0.467 e. The predicted molar refractivity (Wildman–Crippen MR) is 74.7 cm³/mol. The van der Waals surface area contributed by atoms with Gasteiger partial charge in [-0.1, -0.05) is 41.0 Å². The van der Waals surface area contributed by atoms with E-state index < -0.39 is 5.60 Å². The molecule has 3 heteroatoms. The van der Waals surface area contributed by atoms with Crippen LogP contribution in [0.1, 0.15) is 53.9 Å². The van der Waals surface area contributed by atoms with Crippen LogP contribution in [0.5, 0.6) is 0 Å². The monoisotopic (exact) mass is 268 g/mol. The number of carbonyl (C=O) groups excluding carboxylic acids is 1. The van der Waals surface area contributed by atoms with Gasteiger partial charge in [-0.2, -0.15) is 0 Å². The average Bonchev–Trinajstić information content (AvgIpc) is 2.97. The number of methoxy groups -OCH3 is 1. The highest BCUT2D eigenvalue weighted by Gasteiger charge is 2.79. The zero-order valence-corrected chi connectivity index (χ0v) is 13.2. The van der Waals surface area contributed by atoms with Crippen molar-refractivity contribution >= 4 is 5.97 Å². The van der Waals surface area contributed by atoms with E-state index in [1.807, 2.05) is 0 Å². The van der Waals surface area contributed by atoms with Crippen LogP contribution < -0.4 is 0 Å². The van der Waals surface area contributed by atoms with Crippen LogP contribution in [0, 0.1) is 23.7 Å². The normalized spacial score (nSPS) is 41.9. The Balaban J connectivity index is 2.37. The van der Waals surface area contributed by atoms with E-state index in [0.29, 0.717) is 17.8 Å². The molecule has 110 valence electrons. The van der Waals surface area contributed by atoms with Crippen molar-refractivity contribution in [3.63, 3.8) is 0 Å². The first-order chi connectivity index (χ1) is 8.81. The van der Waals surface area contributed by atoms with E-state index in [9.17, 15) is 4.79 Å². The maximum absolute atomic E-state index is 12.3. The third-order valence-electron chi connectivity index (χ3n) is 5.26. The van der Waals surface area contributed by atoms with E-state index in [0.717, 1.165) is 12.8 Å². The van der Waals surface area contributed by atoms with Gasteiger partial charge in [0.1, 0.15) is 5.60 Å². The van der Waals surface area contributed by atoms with Crippen LogP contribution >= 0.6 is 0 Å². The predicted octanol–water partition coefficient (Wildman–Crippen LogP) is 3.42. The maximum atomic E-state index is 12.3. The molecule has 1 spiro atoms. The fourth-order valence-electron chi connectivity index (χ4n) is 4.35. The number of epoxide rings is 1. The fourth-order valence-corrected chi connectivity index (χ4v) is 4.35. The molecule has 0 bridgehead atoms. The summed E-state index contributed by atoms with van der Waals surface area (Å²) in [5.41, 5.74) is -0.981. The van der Waals surface area contributed by atoms with Crippen molar-refractivity contribution in [2.75, 3.05) is 7.11 Å². The molecular weight excluding hydrogens is 240 g/mol. The molecule has 3 nitrogen and oxygen atoms in total. The van der Waals surface area contributed by atoms with Gasteiger partial charge in [0.2, 0.25) is 0 Å². The van der Waals surface area contributed by atoms with Gasteiger partial charge in [0.25, 0.3) is 0 Å². The smallest absolute Gasteiger partial charge is 0.341 e. The molecule has 2 rings (SSSR count). The number of esters is 1. The lowest BCUT2D eigenvalue weighted by Gasteiger charge is -2.38. The minimum absolute atomic E-state index is 0.159. The summed E-state index contributed by atoms with van der Waals surface area (Å²) in [5, 5.41) is 0. The summed E-state index contributed by atoms with van der Waals surface area (Å²) in [6.07, 6.45) is 3.39. The third-order valence-corrected chi connectivity index (χ3v) is 5.26. The molecule has 4 unspecified atom stereocenters. The van der Waals surface area contributed by atoms with E-state index in [4.69, 9.17) is 9.47 Å². The molecule has 0 aromatic rings. The van der Waals surface area contributed by atoms with Crippen LogP contribution in [0.4, 0.5) is 0 Å². The number of hydrogen-bond acceptors (Lipinski definition) is 3. The minimum Gasteiger partial charge on any atom is -0.467 e. The standard InChI is InChI=1S/C16H28O3/c1-10(2)13-8-7-12(5)9-15(13)16(19-15,11(3)4)14(17)18-6/h10-13H,7-9H2,1-6H3. The van der Waals surface area contributed by atoms with E-state index in [1.54, 1.807) is 0 Å². The van der Waals surface area contributed by atoms with Crippen molar-refractivity contribution in [2.45, 2.75) is 65.1 Å². The topological polar surface area (TPSA) is 38.8 Å². The van der Waals surface area contributed by atoms with Crippen LogP contribution in [0.15, 0.2) is 0 Å². The van der Waals surface area contributed by atoms with Crippen LogP contribution in [0.2, 0.25) is 0 Å². The first kappa shape index (κ1) is 14.8. The highest BCUT2D eigenvalue weighted by molar-refractivity contribution is 5.85. The Morgan fingerprint density at radius 3 is 2.37 bits per heavy atom. The Morgan fingerprint density at radius 1 is 1.26 bits per heavy atom. The number of carbonyl (C=O) groups is 1. The SMILES string of the molecule is COC(=O)C1(C(C)C)OC12CC(C)CCC2C(C)C. The summed E-state index contributed by atoms with van der Waals surface area (Å²) in [6.45, 7) is 10.9. The van der Waals surface area contributed by atoms with Crippen LogP contribution in [-0.2, 0) is 14.3 Å². The van der Waals surface area contributed by atoms with Gasteiger partial charge >= 0.3 is 5.97 Å². The van der Waals surface area contributed by atoms with Gasteiger partial charge in [0.05, 0.1) is 7.11 Å². The first-order valence-electron chi connectivity index (χ1n) is 7.60. The van der Waals surface area contributed by atoms with Gasteiger partial charge in [-0.05, 0) is 36.5 Å². The summed E-state index contributed by atoms with van der Waals surface area (Å²) in [4.78, 5) is 12.3. The zero-order valence-electron chi connectivity index (χ0n) is 13.2. The molecule has 0 N–H and O–H groups in total. The van der Waals surface area contributed by atoms with E-state index >= 15 is 0 Å². The van der Waals surface area contributed by atoms with Crippen molar-refractivity contribution in [1.29, 1.82) is 0 Å².